The number of tetrazole rings is 1. The van der Waals surface area contributed by atoms with E-state index in [4.69, 9.17) is 4.74 Å². The van der Waals surface area contributed by atoms with Gasteiger partial charge in [-0.25, -0.2) is 0 Å². The minimum Gasteiger partial charge on any atom is -0.485 e. The normalized spacial score (nSPS) is 10.5. The van der Waals surface area contributed by atoms with Gasteiger partial charge in [-0.15, -0.1) is 10.2 Å². The second-order valence-electron chi connectivity index (χ2n) is 3.68. The number of hydrogen-bond donors (Lipinski definition) is 0. The van der Waals surface area contributed by atoms with Crippen LogP contribution in [0, 0.1) is 6.92 Å². The number of benzene rings is 1. The molecule has 17 heavy (non-hydrogen) atoms. The molecule has 5 nitrogen and oxygen atoms in total. The lowest BCUT2D eigenvalue weighted by Crippen LogP contribution is -2.02. The Morgan fingerprint density at radius 3 is 2.88 bits per heavy atom. The quantitative estimate of drug-likeness (QED) is 0.810. The molecule has 1 aromatic heterocycles. The lowest BCUT2D eigenvalue weighted by molar-refractivity contribution is 0.291. The van der Waals surface area contributed by atoms with Crippen molar-refractivity contribution in [3.8, 4) is 5.75 Å². The average molecular weight is 297 g/mol. The molecule has 0 radical (unpaired) electrons. The number of alkyl halides is 1. The number of rotatable bonds is 4. The molecule has 0 atom stereocenters. The number of aromatic nitrogens is 4. The van der Waals surface area contributed by atoms with Crippen LogP contribution in [0.5, 0.6) is 5.75 Å². The highest BCUT2D eigenvalue weighted by Crippen LogP contribution is 2.25. The van der Waals surface area contributed by atoms with Gasteiger partial charge in [-0.2, -0.15) is 4.80 Å². The van der Waals surface area contributed by atoms with E-state index >= 15 is 0 Å². The van der Waals surface area contributed by atoms with Crippen molar-refractivity contribution >= 4 is 15.9 Å². The first-order valence-electron chi connectivity index (χ1n) is 5.21. The van der Waals surface area contributed by atoms with Crippen LogP contribution in [-0.2, 0) is 19.0 Å². The van der Waals surface area contributed by atoms with Gasteiger partial charge in [-0.05, 0) is 17.7 Å². The third-order valence-electron chi connectivity index (χ3n) is 2.33. The van der Waals surface area contributed by atoms with Crippen LogP contribution >= 0.6 is 15.9 Å². The third-order valence-corrected chi connectivity index (χ3v) is 2.94. The molecule has 1 heterocycles. The van der Waals surface area contributed by atoms with Crippen LogP contribution in [0.1, 0.15) is 17.0 Å². The molecule has 0 N–H and O–H groups in total. The van der Waals surface area contributed by atoms with E-state index in [1.165, 1.54) is 4.80 Å². The number of ether oxygens (including phenoxy) is 1. The largest absolute Gasteiger partial charge is 0.485 e. The molecule has 1 aromatic carbocycles. The van der Waals surface area contributed by atoms with Gasteiger partial charge in [0.25, 0.3) is 0 Å². The van der Waals surface area contributed by atoms with Crippen LogP contribution in [0.2, 0.25) is 0 Å². The molecule has 0 aliphatic heterocycles. The SMILES string of the molecule is Cc1cccc(CBr)c1OCc1nnn(C)n1. The first kappa shape index (κ1) is 12.0. The molecule has 0 saturated carbocycles. The highest BCUT2D eigenvalue weighted by molar-refractivity contribution is 9.08. The maximum Gasteiger partial charge on any atom is 0.212 e. The minimum absolute atomic E-state index is 0.332. The average Bonchev–Trinajstić information content (AvgIpc) is 2.73. The number of para-hydroxylation sites is 1. The molecule has 2 aromatic rings. The molecule has 0 aliphatic carbocycles. The number of hydrogen-bond acceptors (Lipinski definition) is 4. The Morgan fingerprint density at radius 1 is 1.41 bits per heavy atom. The summed E-state index contributed by atoms with van der Waals surface area (Å²) in [5, 5.41) is 12.5. The Labute approximate surface area is 108 Å². The van der Waals surface area contributed by atoms with Crippen LogP contribution < -0.4 is 4.74 Å². The highest BCUT2D eigenvalue weighted by Gasteiger charge is 2.08. The van der Waals surface area contributed by atoms with Crippen molar-refractivity contribution in [2.75, 3.05) is 0 Å². The molecule has 0 aliphatic rings. The van der Waals surface area contributed by atoms with Crippen molar-refractivity contribution in [2.24, 2.45) is 7.05 Å². The van der Waals surface area contributed by atoms with Crippen molar-refractivity contribution in [1.29, 1.82) is 0 Å². The second kappa shape index (κ2) is 5.27. The lowest BCUT2D eigenvalue weighted by atomic mass is 10.1. The van der Waals surface area contributed by atoms with Gasteiger partial charge in [0.1, 0.15) is 5.75 Å². The summed E-state index contributed by atoms with van der Waals surface area (Å²) >= 11 is 3.45. The van der Waals surface area contributed by atoms with Gasteiger partial charge in [-0.3, -0.25) is 0 Å². The van der Waals surface area contributed by atoms with Gasteiger partial charge < -0.3 is 4.74 Å². The Bertz CT molecular complexity index is 512. The van der Waals surface area contributed by atoms with E-state index in [9.17, 15) is 0 Å². The first-order chi connectivity index (χ1) is 8.20. The van der Waals surface area contributed by atoms with Crippen molar-refractivity contribution in [3.05, 3.63) is 35.2 Å². The summed E-state index contributed by atoms with van der Waals surface area (Å²) in [6.45, 7) is 2.35. The zero-order valence-corrected chi connectivity index (χ0v) is 11.3. The Balaban J connectivity index is 2.13. The fourth-order valence-corrected chi connectivity index (χ4v) is 1.98. The van der Waals surface area contributed by atoms with E-state index in [0.29, 0.717) is 12.4 Å². The predicted octanol–water partition coefficient (Wildman–Crippen LogP) is 1.99. The van der Waals surface area contributed by atoms with Gasteiger partial charge in [-0.1, -0.05) is 34.1 Å². The van der Waals surface area contributed by atoms with E-state index in [2.05, 4.69) is 31.3 Å². The summed E-state index contributed by atoms with van der Waals surface area (Å²) in [6.07, 6.45) is 0. The molecule has 90 valence electrons. The fraction of sp³-hybridized carbons (Fsp3) is 0.364. The topological polar surface area (TPSA) is 52.8 Å². The fourth-order valence-electron chi connectivity index (χ4n) is 1.54. The smallest absolute Gasteiger partial charge is 0.212 e. The molecule has 0 bridgehead atoms. The molecular formula is C11H13BrN4O. The van der Waals surface area contributed by atoms with Gasteiger partial charge in [0.15, 0.2) is 6.61 Å². The van der Waals surface area contributed by atoms with Crippen molar-refractivity contribution in [2.45, 2.75) is 18.9 Å². The van der Waals surface area contributed by atoms with E-state index in [1.54, 1.807) is 7.05 Å². The summed E-state index contributed by atoms with van der Waals surface area (Å²) in [7, 11) is 1.73. The Kier molecular flexibility index (Phi) is 3.73. The molecule has 0 spiro atoms. The molecular weight excluding hydrogens is 284 g/mol. The van der Waals surface area contributed by atoms with Gasteiger partial charge in [0, 0.05) is 10.9 Å². The van der Waals surface area contributed by atoms with Crippen LogP contribution in [-0.4, -0.2) is 20.2 Å². The third kappa shape index (κ3) is 2.82. The van der Waals surface area contributed by atoms with E-state index in [0.717, 1.165) is 22.2 Å². The molecule has 0 unspecified atom stereocenters. The van der Waals surface area contributed by atoms with E-state index < -0.39 is 0 Å². The van der Waals surface area contributed by atoms with Gasteiger partial charge in [0.2, 0.25) is 5.82 Å². The predicted molar refractivity (Wildman–Crippen MR) is 66.9 cm³/mol. The first-order valence-corrected chi connectivity index (χ1v) is 6.33. The van der Waals surface area contributed by atoms with E-state index in [-0.39, 0.29) is 0 Å². The zero-order chi connectivity index (χ0) is 12.3. The molecule has 2 rings (SSSR count). The van der Waals surface area contributed by atoms with Gasteiger partial charge >= 0.3 is 0 Å². The molecule has 0 fully saturated rings. The zero-order valence-electron chi connectivity index (χ0n) is 9.72. The summed E-state index contributed by atoms with van der Waals surface area (Å²) in [4.78, 5) is 1.42. The second-order valence-corrected chi connectivity index (χ2v) is 4.24. The molecule has 6 heteroatoms. The number of nitrogens with zero attached hydrogens (tertiary/aromatic N) is 4. The maximum absolute atomic E-state index is 5.75. The van der Waals surface area contributed by atoms with Crippen molar-refractivity contribution < 1.29 is 4.74 Å². The van der Waals surface area contributed by atoms with Gasteiger partial charge in [0.05, 0.1) is 7.05 Å². The Morgan fingerprint density at radius 2 is 2.24 bits per heavy atom. The maximum atomic E-state index is 5.75. The standard InChI is InChI=1S/C11H13BrN4O/c1-8-4-3-5-9(6-12)11(8)17-7-10-13-15-16(2)14-10/h3-5H,6-7H2,1-2H3. The van der Waals surface area contributed by atoms with E-state index in [1.807, 2.05) is 25.1 Å². The monoisotopic (exact) mass is 296 g/mol. The summed E-state index contributed by atoms with van der Waals surface area (Å²) in [5.41, 5.74) is 2.22. The summed E-state index contributed by atoms with van der Waals surface area (Å²) in [6, 6.07) is 6.06. The van der Waals surface area contributed by atoms with Crippen LogP contribution in [0.15, 0.2) is 18.2 Å². The number of aryl methyl sites for hydroxylation is 2. The van der Waals surface area contributed by atoms with Crippen molar-refractivity contribution in [1.82, 2.24) is 20.2 Å². The molecule has 0 saturated heterocycles. The van der Waals surface area contributed by atoms with Crippen LogP contribution in [0.25, 0.3) is 0 Å². The van der Waals surface area contributed by atoms with Crippen LogP contribution in [0.3, 0.4) is 0 Å². The highest BCUT2D eigenvalue weighted by atomic mass is 79.9. The minimum atomic E-state index is 0.332. The van der Waals surface area contributed by atoms with Crippen LogP contribution in [0.4, 0.5) is 0 Å². The molecule has 0 amide bonds. The summed E-state index contributed by atoms with van der Waals surface area (Å²) < 4.78 is 5.75. The number of halogens is 1. The Hall–Kier alpha value is -1.43. The van der Waals surface area contributed by atoms with Crippen molar-refractivity contribution in [3.63, 3.8) is 0 Å². The lowest BCUT2D eigenvalue weighted by Gasteiger charge is -2.11. The summed E-state index contributed by atoms with van der Waals surface area (Å²) in [5.74, 6) is 1.47.